The molecule has 0 atom stereocenters. The molecule has 0 bridgehead atoms. The lowest BCUT2D eigenvalue weighted by atomic mass is 10.1. The van der Waals surface area contributed by atoms with Crippen LogP contribution in [0.3, 0.4) is 0 Å². The summed E-state index contributed by atoms with van der Waals surface area (Å²) in [6.45, 7) is 6.46. The van der Waals surface area contributed by atoms with Crippen LogP contribution < -0.4 is 10.1 Å². The summed E-state index contributed by atoms with van der Waals surface area (Å²) in [7, 11) is 0. The number of nitrogens with one attached hydrogen (secondary N) is 1. The zero-order valence-electron chi connectivity index (χ0n) is 20.8. The molecule has 0 spiro atoms. The third kappa shape index (κ3) is 6.72. The van der Waals surface area contributed by atoms with Crippen molar-refractivity contribution in [2.75, 3.05) is 13.2 Å². The van der Waals surface area contributed by atoms with Gasteiger partial charge in [0.25, 0.3) is 0 Å². The molecule has 0 aliphatic rings. The first-order valence-electron chi connectivity index (χ1n) is 12.6. The maximum Gasteiger partial charge on any atom is 0.224 e. The molecule has 0 aliphatic heterocycles. The molecule has 0 saturated carbocycles. The van der Waals surface area contributed by atoms with E-state index in [1.54, 1.807) is 0 Å². The molecule has 0 aliphatic carbocycles. The van der Waals surface area contributed by atoms with Crippen molar-refractivity contribution in [2.24, 2.45) is 0 Å². The number of aryl methyl sites for hydroxylation is 4. The Balaban J connectivity index is 1.27. The van der Waals surface area contributed by atoms with Crippen LogP contribution in [0.2, 0.25) is 0 Å². The van der Waals surface area contributed by atoms with Crippen molar-refractivity contribution < 1.29 is 9.53 Å². The molecular formula is C30H35N3O2. The number of hydrogen-bond donors (Lipinski definition) is 1. The first kappa shape index (κ1) is 24.5. The van der Waals surface area contributed by atoms with Crippen LogP contribution in [0.15, 0.2) is 72.8 Å². The average Bonchev–Trinajstić information content (AvgIpc) is 3.21. The average molecular weight is 470 g/mol. The van der Waals surface area contributed by atoms with E-state index in [0.717, 1.165) is 54.9 Å². The van der Waals surface area contributed by atoms with Gasteiger partial charge in [0.2, 0.25) is 5.91 Å². The molecule has 182 valence electrons. The van der Waals surface area contributed by atoms with E-state index < -0.39 is 0 Å². The van der Waals surface area contributed by atoms with Gasteiger partial charge in [0.1, 0.15) is 11.6 Å². The van der Waals surface area contributed by atoms with Crippen molar-refractivity contribution in [3.05, 3.63) is 95.3 Å². The lowest BCUT2D eigenvalue weighted by Crippen LogP contribution is -2.26. The SMILES string of the molecule is Cc1cccc(C)c1OCCCCn1c(CCCNC(=O)Cc2ccccc2)nc2ccccc21. The van der Waals surface area contributed by atoms with Crippen LogP contribution in [0.5, 0.6) is 5.75 Å². The van der Waals surface area contributed by atoms with Crippen LogP contribution in [-0.4, -0.2) is 28.6 Å². The second-order valence-electron chi connectivity index (χ2n) is 9.06. The second-order valence-corrected chi connectivity index (χ2v) is 9.06. The fourth-order valence-corrected chi connectivity index (χ4v) is 4.46. The van der Waals surface area contributed by atoms with Crippen LogP contribution in [0, 0.1) is 13.8 Å². The van der Waals surface area contributed by atoms with Gasteiger partial charge in [-0.25, -0.2) is 4.98 Å². The summed E-state index contributed by atoms with van der Waals surface area (Å²) in [6.07, 6.45) is 4.11. The number of imidazole rings is 1. The molecule has 1 heterocycles. The molecule has 0 radical (unpaired) electrons. The minimum absolute atomic E-state index is 0.0635. The molecule has 35 heavy (non-hydrogen) atoms. The molecule has 0 unspecified atom stereocenters. The smallest absolute Gasteiger partial charge is 0.224 e. The Kier molecular flexibility index (Phi) is 8.55. The maximum absolute atomic E-state index is 12.2. The molecule has 4 rings (SSSR count). The van der Waals surface area contributed by atoms with Crippen molar-refractivity contribution in [1.29, 1.82) is 0 Å². The first-order valence-corrected chi connectivity index (χ1v) is 12.6. The van der Waals surface area contributed by atoms with Crippen LogP contribution in [0.25, 0.3) is 11.0 Å². The van der Waals surface area contributed by atoms with Gasteiger partial charge in [-0.1, -0.05) is 60.7 Å². The molecule has 0 saturated heterocycles. The molecule has 0 fully saturated rings. The van der Waals surface area contributed by atoms with Crippen LogP contribution in [0.4, 0.5) is 0 Å². The number of amides is 1. The van der Waals surface area contributed by atoms with Crippen molar-refractivity contribution in [2.45, 2.75) is 52.5 Å². The summed E-state index contributed by atoms with van der Waals surface area (Å²) in [5.41, 5.74) is 5.61. The standard InChI is InChI=1S/C30H35N3O2/c1-23-12-10-13-24(2)30(23)35-21-9-8-20-33-27-17-7-6-16-26(27)32-28(33)18-11-19-31-29(34)22-25-14-4-3-5-15-25/h3-7,10,12-17H,8-9,11,18-22H2,1-2H3,(H,31,34). The molecule has 5 heteroatoms. The van der Waals surface area contributed by atoms with E-state index in [0.29, 0.717) is 19.6 Å². The van der Waals surface area contributed by atoms with Gasteiger partial charge < -0.3 is 14.6 Å². The van der Waals surface area contributed by atoms with E-state index in [1.807, 2.05) is 36.4 Å². The Hall–Kier alpha value is -3.60. The van der Waals surface area contributed by atoms with Gasteiger partial charge in [-0.15, -0.1) is 0 Å². The number of ether oxygens (including phenoxy) is 1. The van der Waals surface area contributed by atoms with Gasteiger partial charge in [-0.2, -0.15) is 0 Å². The topological polar surface area (TPSA) is 56.1 Å². The minimum Gasteiger partial charge on any atom is -0.493 e. The minimum atomic E-state index is 0.0635. The quantitative estimate of drug-likeness (QED) is 0.267. The fraction of sp³-hybridized carbons (Fsp3) is 0.333. The number of benzene rings is 3. The van der Waals surface area contributed by atoms with E-state index in [9.17, 15) is 4.79 Å². The molecule has 4 aromatic rings. The Labute approximate surface area is 208 Å². The van der Waals surface area contributed by atoms with Gasteiger partial charge in [-0.05, 0) is 61.9 Å². The van der Waals surface area contributed by atoms with Crippen LogP contribution in [-0.2, 0) is 24.2 Å². The Morgan fingerprint density at radius 2 is 1.63 bits per heavy atom. The monoisotopic (exact) mass is 469 g/mol. The van der Waals surface area contributed by atoms with Crippen molar-refractivity contribution in [3.63, 3.8) is 0 Å². The highest BCUT2D eigenvalue weighted by Gasteiger charge is 2.11. The van der Waals surface area contributed by atoms with Crippen molar-refractivity contribution >= 4 is 16.9 Å². The molecular weight excluding hydrogens is 434 g/mol. The molecule has 1 N–H and O–H groups in total. The van der Waals surface area contributed by atoms with Gasteiger partial charge in [0, 0.05) is 19.5 Å². The summed E-state index contributed by atoms with van der Waals surface area (Å²) in [5, 5.41) is 3.05. The summed E-state index contributed by atoms with van der Waals surface area (Å²) in [6, 6.07) is 24.4. The van der Waals surface area contributed by atoms with Crippen LogP contribution in [0.1, 0.15) is 41.8 Å². The second kappa shape index (κ2) is 12.2. The fourth-order valence-electron chi connectivity index (χ4n) is 4.46. The number of nitrogens with zero attached hydrogens (tertiary/aromatic N) is 2. The van der Waals surface area contributed by atoms with E-state index in [2.05, 4.69) is 60.1 Å². The summed E-state index contributed by atoms with van der Waals surface area (Å²) >= 11 is 0. The van der Waals surface area contributed by atoms with Gasteiger partial charge >= 0.3 is 0 Å². The van der Waals surface area contributed by atoms with E-state index >= 15 is 0 Å². The Morgan fingerprint density at radius 1 is 0.886 bits per heavy atom. The highest BCUT2D eigenvalue weighted by Crippen LogP contribution is 2.23. The number of rotatable bonds is 12. The van der Waals surface area contributed by atoms with E-state index in [1.165, 1.54) is 16.6 Å². The first-order chi connectivity index (χ1) is 17.1. The number of aromatic nitrogens is 2. The predicted octanol–water partition coefficient (Wildman–Crippen LogP) is 5.80. The molecule has 1 amide bonds. The number of hydrogen-bond acceptors (Lipinski definition) is 3. The predicted molar refractivity (Wildman–Crippen MR) is 142 cm³/mol. The van der Waals surface area contributed by atoms with Crippen molar-refractivity contribution in [1.82, 2.24) is 14.9 Å². The molecule has 1 aromatic heterocycles. The zero-order valence-corrected chi connectivity index (χ0v) is 20.8. The van der Waals surface area contributed by atoms with E-state index in [4.69, 9.17) is 9.72 Å². The van der Waals surface area contributed by atoms with E-state index in [-0.39, 0.29) is 5.91 Å². The van der Waals surface area contributed by atoms with Crippen LogP contribution >= 0.6 is 0 Å². The lowest BCUT2D eigenvalue weighted by molar-refractivity contribution is -0.120. The maximum atomic E-state index is 12.2. The third-order valence-corrected chi connectivity index (χ3v) is 6.27. The highest BCUT2D eigenvalue weighted by molar-refractivity contribution is 5.78. The van der Waals surface area contributed by atoms with Gasteiger partial charge in [-0.3, -0.25) is 4.79 Å². The van der Waals surface area contributed by atoms with Gasteiger partial charge in [0.15, 0.2) is 0 Å². The number of para-hydroxylation sites is 3. The highest BCUT2D eigenvalue weighted by atomic mass is 16.5. The Morgan fingerprint density at radius 3 is 2.43 bits per heavy atom. The largest absolute Gasteiger partial charge is 0.493 e. The van der Waals surface area contributed by atoms with Crippen molar-refractivity contribution in [3.8, 4) is 5.75 Å². The molecule has 5 nitrogen and oxygen atoms in total. The number of carbonyl (C=O) groups is 1. The Bertz CT molecular complexity index is 1230. The van der Waals surface area contributed by atoms with Gasteiger partial charge in [0.05, 0.1) is 24.1 Å². The number of unbranched alkanes of at least 4 members (excludes halogenated alkanes) is 1. The zero-order chi connectivity index (χ0) is 24.5. The number of carbonyl (C=O) groups excluding carboxylic acids is 1. The summed E-state index contributed by atoms with van der Waals surface area (Å²) in [5.74, 6) is 2.16. The summed E-state index contributed by atoms with van der Waals surface area (Å²) in [4.78, 5) is 17.1. The lowest BCUT2D eigenvalue weighted by Gasteiger charge is -2.13. The molecule has 3 aromatic carbocycles. The normalized spacial score (nSPS) is 11.0. The third-order valence-electron chi connectivity index (χ3n) is 6.27. The summed E-state index contributed by atoms with van der Waals surface area (Å²) < 4.78 is 8.42. The number of fused-ring (bicyclic) bond motifs is 1.